The molecule has 0 aromatic heterocycles. The molecular formula is C12H22NO2P. The normalized spacial score (nSPS) is 47.1. The molecule has 2 saturated heterocycles. The largest absolute Gasteiger partial charge is 0.322 e. The summed E-state index contributed by atoms with van der Waals surface area (Å²) in [5.41, 5.74) is 0. The predicted octanol–water partition coefficient (Wildman–Crippen LogP) is 3.16. The van der Waals surface area contributed by atoms with Gasteiger partial charge in [-0.2, -0.15) is 0 Å². The van der Waals surface area contributed by atoms with Crippen molar-refractivity contribution in [2.24, 2.45) is 11.8 Å². The van der Waals surface area contributed by atoms with Crippen molar-refractivity contribution in [3.8, 4) is 0 Å². The Morgan fingerprint density at radius 3 is 2.94 bits per heavy atom. The molecule has 3 aliphatic rings. The van der Waals surface area contributed by atoms with Gasteiger partial charge < -0.3 is 9.05 Å². The number of hydrogen-bond donors (Lipinski definition) is 0. The summed E-state index contributed by atoms with van der Waals surface area (Å²) < 4.78 is 14.4. The third-order valence-corrected chi connectivity index (χ3v) is 5.95. The van der Waals surface area contributed by atoms with Crippen LogP contribution in [0.25, 0.3) is 0 Å². The first-order valence-corrected chi connectivity index (χ1v) is 7.75. The van der Waals surface area contributed by atoms with Crippen LogP contribution in [-0.2, 0) is 9.05 Å². The van der Waals surface area contributed by atoms with Crippen LogP contribution in [0.2, 0.25) is 0 Å². The molecule has 3 fully saturated rings. The van der Waals surface area contributed by atoms with E-state index in [4.69, 9.17) is 9.05 Å². The predicted molar refractivity (Wildman–Crippen MR) is 65.0 cm³/mol. The lowest BCUT2D eigenvalue weighted by Gasteiger charge is -2.35. The average molecular weight is 243 g/mol. The molecule has 3 rings (SSSR count). The van der Waals surface area contributed by atoms with Crippen LogP contribution in [0.4, 0.5) is 0 Å². The Labute approximate surface area is 99.5 Å². The second-order valence-electron chi connectivity index (χ2n) is 5.59. The molecule has 2 heterocycles. The van der Waals surface area contributed by atoms with E-state index in [2.05, 4.69) is 18.5 Å². The van der Waals surface area contributed by atoms with Crippen molar-refractivity contribution in [2.75, 3.05) is 13.2 Å². The van der Waals surface area contributed by atoms with Crippen LogP contribution in [0.5, 0.6) is 0 Å². The van der Waals surface area contributed by atoms with E-state index in [-0.39, 0.29) is 6.10 Å². The minimum absolute atomic E-state index is 0.283. The van der Waals surface area contributed by atoms with Crippen LogP contribution in [0.1, 0.15) is 39.5 Å². The highest BCUT2D eigenvalue weighted by Gasteiger charge is 2.50. The average Bonchev–Trinajstić information content (AvgIpc) is 2.58. The Kier molecular flexibility index (Phi) is 3.23. The fourth-order valence-electron chi connectivity index (χ4n) is 3.44. The van der Waals surface area contributed by atoms with E-state index in [0.29, 0.717) is 0 Å². The van der Waals surface area contributed by atoms with Crippen LogP contribution < -0.4 is 0 Å². The minimum Gasteiger partial charge on any atom is -0.322 e. The molecule has 1 saturated carbocycles. The van der Waals surface area contributed by atoms with Gasteiger partial charge in [-0.15, -0.1) is 0 Å². The van der Waals surface area contributed by atoms with Gasteiger partial charge in [0, 0.05) is 18.5 Å². The van der Waals surface area contributed by atoms with Gasteiger partial charge in [0.25, 0.3) is 8.53 Å². The highest BCUT2D eigenvalue weighted by Crippen LogP contribution is 2.58. The molecule has 1 aliphatic carbocycles. The number of fused-ring (bicyclic) bond motifs is 5. The zero-order chi connectivity index (χ0) is 11.1. The standard InChI is InChI=1S/C12H22NO2P/c1-9(2)15-16-13-7-10(8-14-16)11-5-3-4-6-12(11)13/h9-12H,3-8H2,1-2H3/t10-,11+,12?,16-/m1/s1. The van der Waals surface area contributed by atoms with E-state index in [0.717, 1.165) is 24.5 Å². The first kappa shape index (κ1) is 11.4. The molecule has 5 atom stereocenters. The van der Waals surface area contributed by atoms with E-state index >= 15 is 0 Å². The fourth-order valence-corrected chi connectivity index (χ4v) is 5.32. The van der Waals surface area contributed by atoms with Gasteiger partial charge in [-0.1, -0.05) is 12.8 Å². The summed E-state index contributed by atoms with van der Waals surface area (Å²) in [7, 11) is -0.743. The number of rotatable bonds is 2. The lowest BCUT2D eigenvalue weighted by molar-refractivity contribution is 0.135. The third kappa shape index (κ3) is 1.92. The van der Waals surface area contributed by atoms with Crippen molar-refractivity contribution in [2.45, 2.75) is 51.7 Å². The maximum atomic E-state index is 5.94. The molecule has 92 valence electrons. The quantitative estimate of drug-likeness (QED) is 0.695. The van der Waals surface area contributed by atoms with E-state index in [1.54, 1.807) is 0 Å². The number of hydrogen-bond acceptors (Lipinski definition) is 3. The molecule has 0 aromatic carbocycles. The molecule has 2 unspecified atom stereocenters. The molecule has 2 bridgehead atoms. The first-order chi connectivity index (χ1) is 7.75. The summed E-state index contributed by atoms with van der Waals surface area (Å²) in [6, 6.07) is 0.770. The Balaban J connectivity index is 1.73. The second-order valence-corrected chi connectivity index (χ2v) is 7.04. The van der Waals surface area contributed by atoms with Gasteiger partial charge >= 0.3 is 0 Å². The van der Waals surface area contributed by atoms with Gasteiger partial charge in [0.1, 0.15) is 0 Å². The van der Waals surface area contributed by atoms with Crippen molar-refractivity contribution >= 4 is 8.53 Å². The summed E-state index contributed by atoms with van der Waals surface area (Å²) in [6.45, 7) is 6.38. The Bertz CT molecular complexity index is 261. The van der Waals surface area contributed by atoms with Crippen LogP contribution in [0, 0.1) is 11.8 Å². The van der Waals surface area contributed by atoms with Crippen LogP contribution >= 0.6 is 8.53 Å². The molecule has 0 amide bonds. The van der Waals surface area contributed by atoms with Crippen molar-refractivity contribution in [1.29, 1.82) is 0 Å². The molecule has 3 nitrogen and oxygen atoms in total. The van der Waals surface area contributed by atoms with Crippen LogP contribution in [0.15, 0.2) is 0 Å². The summed E-state index contributed by atoms with van der Waals surface area (Å²) in [5.74, 6) is 1.69. The van der Waals surface area contributed by atoms with E-state index in [1.807, 2.05) is 0 Å². The minimum atomic E-state index is -0.743. The van der Waals surface area contributed by atoms with E-state index < -0.39 is 8.53 Å². The summed E-state index contributed by atoms with van der Waals surface area (Å²) >= 11 is 0. The summed E-state index contributed by atoms with van der Waals surface area (Å²) in [6.07, 6.45) is 5.89. The van der Waals surface area contributed by atoms with Crippen LogP contribution in [0.3, 0.4) is 0 Å². The molecule has 2 aliphatic heterocycles. The van der Waals surface area contributed by atoms with Gasteiger partial charge in [0.2, 0.25) is 0 Å². The highest BCUT2D eigenvalue weighted by atomic mass is 31.2. The van der Waals surface area contributed by atoms with Gasteiger partial charge in [-0.05, 0) is 32.6 Å². The molecule has 0 spiro atoms. The summed E-state index contributed by atoms with van der Waals surface area (Å²) in [5, 5.41) is 0. The van der Waals surface area contributed by atoms with E-state index in [9.17, 15) is 0 Å². The fraction of sp³-hybridized carbons (Fsp3) is 1.00. The molecule has 0 N–H and O–H groups in total. The van der Waals surface area contributed by atoms with Crippen molar-refractivity contribution < 1.29 is 9.05 Å². The molecule has 16 heavy (non-hydrogen) atoms. The lowest BCUT2D eigenvalue weighted by atomic mass is 9.80. The first-order valence-electron chi connectivity index (χ1n) is 6.62. The maximum absolute atomic E-state index is 5.94. The van der Waals surface area contributed by atoms with Crippen molar-refractivity contribution in [3.63, 3.8) is 0 Å². The highest BCUT2D eigenvalue weighted by molar-refractivity contribution is 7.44. The van der Waals surface area contributed by atoms with Gasteiger partial charge in [-0.25, -0.2) is 4.67 Å². The molecular weight excluding hydrogens is 221 g/mol. The zero-order valence-corrected chi connectivity index (χ0v) is 11.2. The van der Waals surface area contributed by atoms with Crippen molar-refractivity contribution in [3.05, 3.63) is 0 Å². The molecule has 0 radical (unpaired) electrons. The Morgan fingerprint density at radius 2 is 2.12 bits per heavy atom. The smallest absolute Gasteiger partial charge is 0.259 e. The topological polar surface area (TPSA) is 21.7 Å². The second kappa shape index (κ2) is 4.53. The van der Waals surface area contributed by atoms with Gasteiger partial charge in [-0.3, -0.25) is 0 Å². The summed E-state index contributed by atoms with van der Waals surface area (Å²) in [4.78, 5) is 0. The lowest BCUT2D eigenvalue weighted by Crippen LogP contribution is -2.32. The Morgan fingerprint density at radius 1 is 1.31 bits per heavy atom. The molecule has 0 aromatic rings. The third-order valence-electron chi connectivity index (χ3n) is 4.10. The maximum Gasteiger partial charge on any atom is 0.259 e. The van der Waals surface area contributed by atoms with Gasteiger partial charge in [0.15, 0.2) is 0 Å². The number of nitrogens with zero attached hydrogens (tertiary/aromatic N) is 1. The van der Waals surface area contributed by atoms with Crippen LogP contribution in [-0.4, -0.2) is 30.0 Å². The SMILES string of the molecule is CC(C)O[P@@]1OC[C@H]2CN1C1CCCC[C@H]12. The molecule has 4 heteroatoms. The van der Waals surface area contributed by atoms with Gasteiger partial charge in [0.05, 0.1) is 12.7 Å². The van der Waals surface area contributed by atoms with E-state index in [1.165, 1.54) is 32.2 Å². The monoisotopic (exact) mass is 243 g/mol. The van der Waals surface area contributed by atoms with Crippen molar-refractivity contribution in [1.82, 2.24) is 4.67 Å². The zero-order valence-electron chi connectivity index (χ0n) is 10.3. The Hall–Kier alpha value is 0.310.